The average Bonchev–Trinajstić information content (AvgIpc) is 2.68. The Morgan fingerprint density at radius 3 is 2.70 bits per heavy atom. The van der Waals surface area contributed by atoms with Crippen LogP contribution >= 0.6 is 0 Å². The van der Waals surface area contributed by atoms with E-state index in [1.54, 1.807) is 0 Å². The van der Waals surface area contributed by atoms with Crippen molar-refractivity contribution < 1.29 is 12.8 Å². The van der Waals surface area contributed by atoms with Crippen LogP contribution in [-0.2, 0) is 16.6 Å². The smallest absolute Gasteiger partial charge is 0.243 e. The van der Waals surface area contributed by atoms with Gasteiger partial charge in [0, 0.05) is 12.6 Å². The lowest BCUT2D eigenvalue weighted by atomic mass is 9.88. The van der Waals surface area contributed by atoms with Crippen molar-refractivity contribution >= 4 is 10.0 Å². The van der Waals surface area contributed by atoms with E-state index in [2.05, 4.69) is 4.72 Å². The van der Waals surface area contributed by atoms with Gasteiger partial charge in [-0.25, -0.2) is 17.5 Å². The molecule has 1 aliphatic carbocycles. The molecule has 1 aliphatic rings. The van der Waals surface area contributed by atoms with E-state index in [9.17, 15) is 12.8 Å². The number of nitrogens with one attached hydrogen (secondary N) is 1. The molecule has 0 aromatic heterocycles. The predicted molar refractivity (Wildman–Crippen MR) is 76.0 cm³/mol. The Bertz CT molecular complexity index is 599. The molecule has 0 saturated heterocycles. The highest BCUT2D eigenvalue weighted by Gasteiger charge is 2.37. The highest BCUT2D eigenvalue weighted by atomic mass is 32.2. The number of nitrogens with two attached hydrogens (primary N) is 1. The Hall–Kier alpha value is -0.980. The van der Waals surface area contributed by atoms with Crippen LogP contribution in [-0.4, -0.2) is 14.5 Å². The first-order valence-corrected chi connectivity index (χ1v) is 8.25. The standard InChI is InChI=1S/C14H21FN2O2S/c1-14(2)7-3-4-13(14)17-20(18,19)12-8-10(9-16)5-6-11(12)15/h5-6,8,13,17H,3-4,7,9,16H2,1-2H3. The van der Waals surface area contributed by atoms with E-state index in [-0.39, 0.29) is 22.9 Å². The van der Waals surface area contributed by atoms with Crippen LogP contribution in [0.15, 0.2) is 23.1 Å². The zero-order valence-electron chi connectivity index (χ0n) is 11.8. The topological polar surface area (TPSA) is 72.2 Å². The van der Waals surface area contributed by atoms with Crippen molar-refractivity contribution in [1.82, 2.24) is 4.72 Å². The zero-order valence-corrected chi connectivity index (χ0v) is 12.6. The van der Waals surface area contributed by atoms with E-state index in [1.165, 1.54) is 12.1 Å². The van der Waals surface area contributed by atoms with Crippen molar-refractivity contribution in [3.8, 4) is 0 Å². The van der Waals surface area contributed by atoms with Crippen molar-refractivity contribution in [1.29, 1.82) is 0 Å². The van der Waals surface area contributed by atoms with Gasteiger partial charge in [-0.2, -0.15) is 0 Å². The molecule has 1 aromatic carbocycles. The molecule has 1 unspecified atom stereocenters. The predicted octanol–water partition coefficient (Wildman–Crippen LogP) is 2.14. The number of hydrogen-bond acceptors (Lipinski definition) is 3. The molecule has 0 spiro atoms. The summed E-state index contributed by atoms with van der Waals surface area (Å²) in [5.41, 5.74) is 5.97. The van der Waals surface area contributed by atoms with Crippen LogP contribution < -0.4 is 10.5 Å². The molecule has 1 atom stereocenters. The van der Waals surface area contributed by atoms with Crippen molar-refractivity contribution in [2.24, 2.45) is 11.1 Å². The third kappa shape index (κ3) is 3.02. The summed E-state index contributed by atoms with van der Waals surface area (Å²) in [4.78, 5) is -0.317. The first kappa shape index (κ1) is 15.4. The molecule has 0 amide bonds. The Morgan fingerprint density at radius 1 is 1.45 bits per heavy atom. The SMILES string of the molecule is CC1(C)CCCC1NS(=O)(=O)c1cc(CN)ccc1F. The van der Waals surface area contributed by atoms with E-state index in [1.807, 2.05) is 13.8 Å². The highest BCUT2D eigenvalue weighted by Crippen LogP contribution is 2.38. The Labute approximate surface area is 119 Å². The average molecular weight is 300 g/mol. The van der Waals surface area contributed by atoms with Gasteiger partial charge in [-0.05, 0) is 36.0 Å². The summed E-state index contributed by atoms with van der Waals surface area (Å²) < 4.78 is 41.2. The van der Waals surface area contributed by atoms with Gasteiger partial charge in [0.2, 0.25) is 10.0 Å². The molecule has 1 aromatic rings. The molecule has 0 heterocycles. The summed E-state index contributed by atoms with van der Waals surface area (Å²) >= 11 is 0. The van der Waals surface area contributed by atoms with Crippen LogP contribution in [0.3, 0.4) is 0 Å². The first-order chi connectivity index (χ1) is 9.26. The minimum atomic E-state index is -3.86. The van der Waals surface area contributed by atoms with Crippen LogP contribution in [0, 0.1) is 11.2 Å². The summed E-state index contributed by atoms with van der Waals surface area (Å²) in [6.45, 7) is 4.23. The largest absolute Gasteiger partial charge is 0.326 e. The summed E-state index contributed by atoms with van der Waals surface area (Å²) in [6.07, 6.45) is 2.72. The Morgan fingerprint density at radius 2 is 2.15 bits per heavy atom. The van der Waals surface area contributed by atoms with E-state index in [0.717, 1.165) is 25.3 Å². The minimum absolute atomic E-state index is 0.102. The second-order valence-electron chi connectivity index (χ2n) is 6.02. The number of halogens is 1. The quantitative estimate of drug-likeness (QED) is 0.895. The van der Waals surface area contributed by atoms with Gasteiger partial charge in [0.05, 0.1) is 0 Å². The molecule has 2 rings (SSSR count). The van der Waals surface area contributed by atoms with Gasteiger partial charge in [-0.3, -0.25) is 0 Å². The second-order valence-corrected chi connectivity index (χ2v) is 7.71. The fraction of sp³-hybridized carbons (Fsp3) is 0.571. The van der Waals surface area contributed by atoms with Gasteiger partial charge in [0.25, 0.3) is 0 Å². The van der Waals surface area contributed by atoms with Gasteiger partial charge in [0.15, 0.2) is 0 Å². The van der Waals surface area contributed by atoms with E-state index in [4.69, 9.17) is 5.73 Å². The number of rotatable bonds is 4. The Kier molecular flexibility index (Phi) is 4.18. The van der Waals surface area contributed by atoms with Crippen LogP contribution in [0.4, 0.5) is 4.39 Å². The van der Waals surface area contributed by atoms with Crippen LogP contribution in [0.5, 0.6) is 0 Å². The monoisotopic (exact) mass is 300 g/mol. The Balaban J connectivity index is 2.31. The third-order valence-corrected chi connectivity index (χ3v) is 5.56. The molecule has 0 bridgehead atoms. The second kappa shape index (κ2) is 5.42. The van der Waals surface area contributed by atoms with Crippen LogP contribution in [0.1, 0.15) is 38.7 Å². The molecule has 6 heteroatoms. The molecule has 112 valence electrons. The minimum Gasteiger partial charge on any atom is -0.326 e. The molecule has 20 heavy (non-hydrogen) atoms. The van der Waals surface area contributed by atoms with Crippen molar-refractivity contribution in [2.75, 3.05) is 0 Å². The molecule has 0 aliphatic heterocycles. The maximum Gasteiger partial charge on any atom is 0.243 e. The maximum atomic E-state index is 13.8. The van der Waals surface area contributed by atoms with E-state index in [0.29, 0.717) is 5.56 Å². The van der Waals surface area contributed by atoms with Crippen molar-refractivity contribution in [3.63, 3.8) is 0 Å². The fourth-order valence-corrected chi connectivity index (χ4v) is 4.25. The van der Waals surface area contributed by atoms with Crippen LogP contribution in [0.25, 0.3) is 0 Å². The summed E-state index contributed by atoms with van der Waals surface area (Å²) in [6, 6.07) is 3.79. The summed E-state index contributed by atoms with van der Waals surface area (Å²) in [5.74, 6) is -0.745. The lowest BCUT2D eigenvalue weighted by molar-refractivity contribution is 0.312. The molecule has 3 N–H and O–H groups in total. The summed E-state index contributed by atoms with van der Waals surface area (Å²) in [5, 5.41) is 0. The molecule has 0 radical (unpaired) electrons. The van der Waals surface area contributed by atoms with Gasteiger partial charge in [-0.1, -0.05) is 26.3 Å². The molecule has 4 nitrogen and oxygen atoms in total. The van der Waals surface area contributed by atoms with E-state index >= 15 is 0 Å². The van der Waals surface area contributed by atoms with Crippen molar-refractivity contribution in [3.05, 3.63) is 29.6 Å². The third-order valence-electron chi connectivity index (χ3n) is 4.08. The summed E-state index contributed by atoms with van der Waals surface area (Å²) in [7, 11) is -3.86. The highest BCUT2D eigenvalue weighted by molar-refractivity contribution is 7.89. The molecule has 1 fully saturated rings. The van der Waals surface area contributed by atoms with Gasteiger partial charge in [-0.15, -0.1) is 0 Å². The lowest BCUT2D eigenvalue weighted by Crippen LogP contribution is -2.41. The molecule has 1 saturated carbocycles. The normalized spacial score (nSPS) is 22.1. The van der Waals surface area contributed by atoms with Gasteiger partial charge in [0.1, 0.15) is 10.7 Å². The molecular formula is C14H21FN2O2S. The van der Waals surface area contributed by atoms with Crippen molar-refractivity contribution in [2.45, 2.75) is 50.6 Å². The van der Waals surface area contributed by atoms with E-state index < -0.39 is 15.8 Å². The first-order valence-electron chi connectivity index (χ1n) is 6.77. The van der Waals surface area contributed by atoms with Crippen LogP contribution in [0.2, 0.25) is 0 Å². The van der Waals surface area contributed by atoms with Gasteiger partial charge < -0.3 is 5.73 Å². The zero-order chi connectivity index (χ0) is 15.0. The lowest BCUT2D eigenvalue weighted by Gasteiger charge is -2.27. The number of hydrogen-bond donors (Lipinski definition) is 2. The molecular weight excluding hydrogens is 279 g/mol. The maximum absolute atomic E-state index is 13.8. The number of sulfonamides is 1. The van der Waals surface area contributed by atoms with Gasteiger partial charge >= 0.3 is 0 Å². The fourth-order valence-electron chi connectivity index (χ4n) is 2.68. The number of benzene rings is 1.